The molecule has 0 unspecified atom stereocenters. The second kappa shape index (κ2) is 7.75. The Morgan fingerprint density at radius 2 is 2.13 bits per heavy atom. The molecule has 1 aromatic heterocycles. The minimum atomic E-state index is -0.0920. The molecule has 0 aliphatic carbocycles. The molecule has 0 atom stereocenters. The SMILES string of the molecule is Cc1cc(NC(=O)N(C)CC(C)(C)CN2CCOCC2)ccn1. The number of rotatable bonds is 5. The first-order valence-electron chi connectivity index (χ1n) is 8.11. The standard InChI is InChI=1S/C17H28N4O2/c1-14-11-15(5-6-18-14)19-16(22)20(4)12-17(2,3)13-21-7-9-23-10-8-21/h5-6,11H,7-10,12-13H2,1-4H3,(H,18,19,22). The third-order valence-corrected chi connectivity index (χ3v) is 3.92. The monoisotopic (exact) mass is 320 g/mol. The summed E-state index contributed by atoms with van der Waals surface area (Å²) in [6, 6.07) is 3.58. The average molecular weight is 320 g/mol. The van der Waals surface area contributed by atoms with E-state index < -0.39 is 0 Å². The van der Waals surface area contributed by atoms with Gasteiger partial charge in [0.15, 0.2) is 0 Å². The summed E-state index contributed by atoms with van der Waals surface area (Å²) < 4.78 is 5.39. The largest absolute Gasteiger partial charge is 0.379 e. The van der Waals surface area contributed by atoms with Gasteiger partial charge in [-0.25, -0.2) is 4.79 Å². The van der Waals surface area contributed by atoms with E-state index in [4.69, 9.17) is 4.74 Å². The molecule has 0 aromatic carbocycles. The Morgan fingerprint density at radius 1 is 1.43 bits per heavy atom. The predicted octanol–water partition coefficient (Wildman–Crippen LogP) is 2.21. The van der Waals surface area contributed by atoms with Gasteiger partial charge in [-0.3, -0.25) is 9.88 Å². The third kappa shape index (κ3) is 5.80. The number of anilines is 1. The van der Waals surface area contributed by atoms with Crippen molar-refractivity contribution in [2.24, 2.45) is 5.41 Å². The Balaban J connectivity index is 1.86. The molecular weight excluding hydrogens is 292 g/mol. The zero-order valence-corrected chi connectivity index (χ0v) is 14.6. The number of morpholine rings is 1. The highest BCUT2D eigenvalue weighted by molar-refractivity contribution is 5.89. The Labute approximate surface area is 138 Å². The lowest BCUT2D eigenvalue weighted by Gasteiger charge is -2.37. The molecule has 0 saturated carbocycles. The number of hydrogen-bond donors (Lipinski definition) is 1. The lowest BCUT2D eigenvalue weighted by molar-refractivity contribution is 0.0182. The van der Waals surface area contributed by atoms with Gasteiger partial charge in [-0.05, 0) is 24.5 Å². The van der Waals surface area contributed by atoms with Crippen LogP contribution >= 0.6 is 0 Å². The molecule has 2 rings (SSSR count). The summed E-state index contributed by atoms with van der Waals surface area (Å²) in [5, 5.41) is 2.92. The van der Waals surface area contributed by atoms with Gasteiger partial charge in [-0.15, -0.1) is 0 Å². The Kier molecular flexibility index (Phi) is 5.96. The van der Waals surface area contributed by atoms with E-state index >= 15 is 0 Å². The van der Waals surface area contributed by atoms with Crippen molar-refractivity contribution in [1.82, 2.24) is 14.8 Å². The average Bonchev–Trinajstić information content (AvgIpc) is 2.47. The van der Waals surface area contributed by atoms with Gasteiger partial charge in [0, 0.05) is 50.8 Å². The van der Waals surface area contributed by atoms with E-state index in [1.807, 2.05) is 20.0 Å². The number of carbonyl (C=O) groups excluding carboxylic acids is 1. The van der Waals surface area contributed by atoms with Crippen molar-refractivity contribution in [3.8, 4) is 0 Å². The second-order valence-corrected chi connectivity index (χ2v) is 7.02. The molecule has 1 N–H and O–H groups in total. The molecule has 1 fully saturated rings. The maximum Gasteiger partial charge on any atom is 0.321 e. The van der Waals surface area contributed by atoms with Gasteiger partial charge in [0.1, 0.15) is 0 Å². The van der Waals surface area contributed by atoms with Crippen LogP contribution in [0.2, 0.25) is 0 Å². The fourth-order valence-corrected chi connectivity index (χ4v) is 2.97. The van der Waals surface area contributed by atoms with Crippen LogP contribution in [0.15, 0.2) is 18.3 Å². The number of amides is 2. The topological polar surface area (TPSA) is 57.7 Å². The smallest absolute Gasteiger partial charge is 0.321 e. The van der Waals surface area contributed by atoms with E-state index in [0.717, 1.165) is 44.2 Å². The first-order valence-corrected chi connectivity index (χ1v) is 8.11. The molecule has 6 heteroatoms. The van der Waals surface area contributed by atoms with E-state index in [-0.39, 0.29) is 11.4 Å². The Bertz CT molecular complexity index is 527. The van der Waals surface area contributed by atoms with Gasteiger partial charge < -0.3 is 15.0 Å². The lowest BCUT2D eigenvalue weighted by atomic mass is 9.92. The molecule has 23 heavy (non-hydrogen) atoms. The lowest BCUT2D eigenvalue weighted by Crippen LogP contribution is -2.47. The summed E-state index contributed by atoms with van der Waals surface area (Å²) in [4.78, 5) is 20.6. The highest BCUT2D eigenvalue weighted by atomic mass is 16.5. The highest BCUT2D eigenvalue weighted by Gasteiger charge is 2.26. The van der Waals surface area contributed by atoms with Crippen LogP contribution in [0.3, 0.4) is 0 Å². The van der Waals surface area contributed by atoms with Crippen molar-refractivity contribution < 1.29 is 9.53 Å². The van der Waals surface area contributed by atoms with Crippen LogP contribution in [0.1, 0.15) is 19.5 Å². The summed E-state index contributed by atoms with van der Waals surface area (Å²) in [6.07, 6.45) is 1.70. The van der Waals surface area contributed by atoms with Gasteiger partial charge in [0.25, 0.3) is 0 Å². The highest BCUT2D eigenvalue weighted by Crippen LogP contribution is 2.20. The number of hydrogen-bond acceptors (Lipinski definition) is 4. The van der Waals surface area contributed by atoms with Crippen molar-refractivity contribution in [2.45, 2.75) is 20.8 Å². The summed E-state index contributed by atoms with van der Waals surface area (Å²) >= 11 is 0. The molecule has 2 heterocycles. The first-order chi connectivity index (χ1) is 10.9. The van der Waals surface area contributed by atoms with Crippen molar-refractivity contribution in [3.05, 3.63) is 24.0 Å². The molecule has 2 amide bonds. The molecular formula is C17H28N4O2. The van der Waals surface area contributed by atoms with Gasteiger partial charge in [0.2, 0.25) is 0 Å². The summed E-state index contributed by atoms with van der Waals surface area (Å²) in [6.45, 7) is 11.5. The molecule has 0 bridgehead atoms. The van der Waals surface area contributed by atoms with Crippen molar-refractivity contribution in [3.63, 3.8) is 0 Å². The molecule has 1 saturated heterocycles. The summed E-state index contributed by atoms with van der Waals surface area (Å²) in [5.74, 6) is 0. The zero-order chi connectivity index (χ0) is 16.9. The van der Waals surface area contributed by atoms with Crippen molar-refractivity contribution in [2.75, 3.05) is 51.8 Å². The maximum atomic E-state index is 12.4. The molecule has 6 nitrogen and oxygen atoms in total. The zero-order valence-electron chi connectivity index (χ0n) is 14.6. The van der Waals surface area contributed by atoms with Crippen LogP contribution in [-0.2, 0) is 4.74 Å². The Hall–Kier alpha value is -1.66. The fraction of sp³-hybridized carbons (Fsp3) is 0.647. The first kappa shape index (κ1) is 17.7. The van der Waals surface area contributed by atoms with E-state index in [1.165, 1.54) is 0 Å². The van der Waals surface area contributed by atoms with Crippen LogP contribution in [0, 0.1) is 12.3 Å². The van der Waals surface area contributed by atoms with E-state index in [2.05, 4.69) is 29.0 Å². The summed E-state index contributed by atoms with van der Waals surface area (Å²) in [5.41, 5.74) is 1.69. The molecule has 128 valence electrons. The van der Waals surface area contributed by atoms with Crippen LogP contribution in [0.4, 0.5) is 10.5 Å². The number of aryl methyl sites for hydroxylation is 1. The molecule has 1 aromatic rings. The molecule has 1 aliphatic rings. The van der Waals surface area contributed by atoms with Gasteiger partial charge in [0.05, 0.1) is 13.2 Å². The molecule has 0 radical (unpaired) electrons. The van der Waals surface area contributed by atoms with Crippen molar-refractivity contribution in [1.29, 1.82) is 0 Å². The predicted molar refractivity (Wildman–Crippen MR) is 91.7 cm³/mol. The summed E-state index contributed by atoms with van der Waals surface area (Å²) in [7, 11) is 1.84. The second-order valence-electron chi connectivity index (χ2n) is 7.02. The van der Waals surface area contributed by atoms with Crippen LogP contribution in [0.5, 0.6) is 0 Å². The number of carbonyl (C=O) groups is 1. The number of nitrogens with one attached hydrogen (secondary N) is 1. The maximum absolute atomic E-state index is 12.4. The quantitative estimate of drug-likeness (QED) is 0.904. The normalized spacial score (nSPS) is 16.2. The van der Waals surface area contributed by atoms with Gasteiger partial charge >= 0.3 is 6.03 Å². The number of nitrogens with zero attached hydrogens (tertiary/aromatic N) is 3. The van der Waals surface area contributed by atoms with Gasteiger partial charge in [-0.1, -0.05) is 13.8 Å². The number of ether oxygens (including phenoxy) is 1. The van der Waals surface area contributed by atoms with E-state index in [0.29, 0.717) is 6.54 Å². The number of aromatic nitrogens is 1. The number of pyridine rings is 1. The molecule has 0 spiro atoms. The molecule has 1 aliphatic heterocycles. The van der Waals surface area contributed by atoms with Gasteiger partial charge in [-0.2, -0.15) is 0 Å². The minimum absolute atomic E-state index is 0.0254. The fourth-order valence-electron chi connectivity index (χ4n) is 2.97. The van der Waals surface area contributed by atoms with Crippen molar-refractivity contribution >= 4 is 11.7 Å². The van der Waals surface area contributed by atoms with E-state index in [1.54, 1.807) is 17.2 Å². The van der Waals surface area contributed by atoms with E-state index in [9.17, 15) is 4.79 Å². The Morgan fingerprint density at radius 3 is 2.78 bits per heavy atom. The minimum Gasteiger partial charge on any atom is -0.379 e. The third-order valence-electron chi connectivity index (χ3n) is 3.92. The number of urea groups is 1. The van der Waals surface area contributed by atoms with Crippen LogP contribution in [-0.4, -0.2) is 67.3 Å². The van der Waals surface area contributed by atoms with Crippen LogP contribution < -0.4 is 5.32 Å². The van der Waals surface area contributed by atoms with Crippen LogP contribution in [0.25, 0.3) is 0 Å².